The molecule has 0 spiro atoms. The number of anilines is 2. The molecule has 1 aromatic rings. The van der Waals surface area contributed by atoms with Gasteiger partial charge in [0.05, 0.1) is 11.4 Å². The molecule has 2 rings (SSSR count). The summed E-state index contributed by atoms with van der Waals surface area (Å²) in [5.41, 5.74) is 6.52. The van der Waals surface area contributed by atoms with Crippen molar-refractivity contribution in [1.29, 1.82) is 0 Å². The number of nitrogen functional groups attached to an aromatic ring is 1. The van der Waals surface area contributed by atoms with Gasteiger partial charge in [-0.15, -0.1) is 0 Å². The van der Waals surface area contributed by atoms with Crippen LogP contribution in [-0.2, 0) is 0 Å². The average Bonchev–Trinajstić information content (AvgIpc) is 2.04. The highest BCUT2D eigenvalue weighted by Crippen LogP contribution is 2.33. The molecule has 0 saturated carbocycles. The predicted molar refractivity (Wildman–Crippen MR) is 44.8 cm³/mol. The van der Waals surface area contributed by atoms with Gasteiger partial charge < -0.3 is 15.8 Å². The zero-order valence-corrected chi connectivity index (χ0v) is 6.43. The second-order valence-corrected chi connectivity index (χ2v) is 2.65. The highest BCUT2D eigenvalue weighted by atomic mass is 19.1. The van der Waals surface area contributed by atoms with Crippen LogP contribution in [0.5, 0.6) is 5.75 Å². The lowest BCUT2D eigenvalue weighted by molar-refractivity contribution is 0.324. The molecule has 0 bridgehead atoms. The Balaban J connectivity index is 2.53. The van der Waals surface area contributed by atoms with E-state index in [2.05, 4.69) is 5.32 Å². The predicted octanol–water partition coefficient (Wildman–Crippen LogP) is 1.21. The first-order chi connectivity index (χ1) is 5.77. The van der Waals surface area contributed by atoms with Gasteiger partial charge in [-0.05, 0) is 0 Å². The summed E-state index contributed by atoms with van der Waals surface area (Å²) in [7, 11) is 0. The minimum Gasteiger partial charge on any atom is -0.487 e. The van der Waals surface area contributed by atoms with Gasteiger partial charge in [0, 0.05) is 18.7 Å². The molecule has 0 amide bonds. The molecule has 0 radical (unpaired) electrons. The second kappa shape index (κ2) is 2.55. The van der Waals surface area contributed by atoms with Crippen LogP contribution in [0.15, 0.2) is 12.1 Å². The molecule has 0 aliphatic carbocycles. The highest BCUT2D eigenvalue weighted by Gasteiger charge is 2.13. The lowest BCUT2D eigenvalue weighted by Gasteiger charge is -2.20. The normalized spacial score (nSPS) is 14.4. The van der Waals surface area contributed by atoms with Gasteiger partial charge in [0.25, 0.3) is 0 Å². The fraction of sp³-hybridized carbons (Fsp3) is 0.250. The van der Waals surface area contributed by atoms with Gasteiger partial charge >= 0.3 is 0 Å². The molecule has 1 heterocycles. The first-order valence-electron chi connectivity index (χ1n) is 3.73. The topological polar surface area (TPSA) is 47.3 Å². The Labute approximate surface area is 69.3 Å². The van der Waals surface area contributed by atoms with E-state index in [0.29, 0.717) is 30.3 Å². The van der Waals surface area contributed by atoms with Crippen LogP contribution in [0, 0.1) is 5.82 Å². The molecular formula is C8H9FN2O. The van der Waals surface area contributed by atoms with Gasteiger partial charge in [-0.1, -0.05) is 0 Å². The summed E-state index contributed by atoms with van der Waals surface area (Å²) in [5, 5.41) is 3.00. The molecule has 0 saturated heterocycles. The Bertz CT molecular complexity index is 314. The number of hydrogen-bond acceptors (Lipinski definition) is 3. The van der Waals surface area contributed by atoms with E-state index in [0.717, 1.165) is 0 Å². The van der Waals surface area contributed by atoms with Crippen LogP contribution in [0.2, 0.25) is 0 Å². The van der Waals surface area contributed by atoms with Crippen LogP contribution in [0.3, 0.4) is 0 Å². The first-order valence-corrected chi connectivity index (χ1v) is 3.73. The second-order valence-electron chi connectivity index (χ2n) is 2.65. The van der Waals surface area contributed by atoms with E-state index in [4.69, 9.17) is 10.5 Å². The minimum atomic E-state index is -0.343. The average molecular weight is 168 g/mol. The lowest BCUT2D eigenvalue weighted by atomic mass is 10.2. The van der Waals surface area contributed by atoms with Crippen molar-refractivity contribution in [3.8, 4) is 5.75 Å². The summed E-state index contributed by atoms with van der Waals surface area (Å²) in [4.78, 5) is 0. The van der Waals surface area contributed by atoms with E-state index in [1.807, 2.05) is 0 Å². The molecule has 1 aliphatic heterocycles. The number of benzene rings is 1. The van der Waals surface area contributed by atoms with Gasteiger partial charge in [0.1, 0.15) is 12.4 Å². The Morgan fingerprint density at radius 3 is 3.17 bits per heavy atom. The van der Waals surface area contributed by atoms with E-state index >= 15 is 0 Å². The number of halogens is 1. The monoisotopic (exact) mass is 168 g/mol. The van der Waals surface area contributed by atoms with Crippen molar-refractivity contribution in [2.75, 3.05) is 24.2 Å². The third-order valence-electron chi connectivity index (χ3n) is 1.75. The Kier molecular flexibility index (Phi) is 1.53. The van der Waals surface area contributed by atoms with Gasteiger partial charge in [0.2, 0.25) is 0 Å². The summed E-state index contributed by atoms with van der Waals surface area (Å²) in [6, 6.07) is 2.64. The fourth-order valence-corrected chi connectivity index (χ4v) is 1.25. The van der Waals surface area contributed by atoms with Crippen molar-refractivity contribution in [1.82, 2.24) is 0 Å². The van der Waals surface area contributed by atoms with Crippen LogP contribution in [0.4, 0.5) is 15.8 Å². The molecule has 12 heavy (non-hydrogen) atoms. The SMILES string of the molecule is Nc1cc(F)cc2c1OCCN2. The molecule has 1 aromatic carbocycles. The van der Waals surface area contributed by atoms with Crippen LogP contribution in [0.25, 0.3) is 0 Å². The molecule has 3 nitrogen and oxygen atoms in total. The number of fused-ring (bicyclic) bond motifs is 1. The molecular weight excluding hydrogens is 159 g/mol. The van der Waals surface area contributed by atoms with Gasteiger partial charge in [-0.25, -0.2) is 4.39 Å². The Morgan fingerprint density at radius 2 is 2.33 bits per heavy atom. The van der Waals surface area contributed by atoms with Crippen LogP contribution < -0.4 is 15.8 Å². The maximum absolute atomic E-state index is 12.8. The van der Waals surface area contributed by atoms with Gasteiger partial charge in [-0.3, -0.25) is 0 Å². The molecule has 4 heteroatoms. The summed E-state index contributed by atoms with van der Waals surface area (Å²) in [6.45, 7) is 1.26. The summed E-state index contributed by atoms with van der Waals surface area (Å²) >= 11 is 0. The van der Waals surface area contributed by atoms with Crippen molar-refractivity contribution in [2.24, 2.45) is 0 Å². The van der Waals surface area contributed by atoms with Gasteiger partial charge in [0.15, 0.2) is 5.75 Å². The van der Waals surface area contributed by atoms with Crippen LogP contribution in [-0.4, -0.2) is 13.2 Å². The summed E-state index contributed by atoms with van der Waals surface area (Å²) in [6.07, 6.45) is 0. The first kappa shape index (κ1) is 7.21. The van der Waals surface area contributed by atoms with E-state index in [9.17, 15) is 4.39 Å². The fourth-order valence-electron chi connectivity index (χ4n) is 1.25. The van der Waals surface area contributed by atoms with Crippen molar-refractivity contribution in [2.45, 2.75) is 0 Å². The van der Waals surface area contributed by atoms with Crippen molar-refractivity contribution in [3.05, 3.63) is 17.9 Å². The van der Waals surface area contributed by atoms with Crippen molar-refractivity contribution < 1.29 is 9.13 Å². The largest absolute Gasteiger partial charge is 0.487 e. The van der Waals surface area contributed by atoms with E-state index in [1.165, 1.54) is 12.1 Å². The Morgan fingerprint density at radius 1 is 1.50 bits per heavy atom. The highest BCUT2D eigenvalue weighted by molar-refractivity contribution is 5.70. The standard InChI is InChI=1S/C8H9FN2O/c9-5-3-6(10)8-7(4-5)11-1-2-12-8/h3-4,11H,1-2,10H2. The minimum absolute atomic E-state index is 0.343. The maximum atomic E-state index is 12.8. The molecule has 0 fully saturated rings. The van der Waals surface area contributed by atoms with Crippen LogP contribution >= 0.6 is 0 Å². The zero-order chi connectivity index (χ0) is 8.55. The van der Waals surface area contributed by atoms with Crippen molar-refractivity contribution >= 4 is 11.4 Å². The zero-order valence-electron chi connectivity index (χ0n) is 6.43. The molecule has 0 aromatic heterocycles. The number of nitrogens with one attached hydrogen (secondary N) is 1. The number of ether oxygens (including phenoxy) is 1. The summed E-state index contributed by atoms with van der Waals surface area (Å²) < 4.78 is 18.0. The molecule has 3 N–H and O–H groups in total. The molecule has 0 unspecified atom stereocenters. The van der Waals surface area contributed by atoms with Crippen molar-refractivity contribution in [3.63, 3.8) is 0 Å². The molecule has 64 valence electrons. The van der Waals surface area contributed by atoms with Gasteiger partial charge in [-0.2, -0.15) is 0 Å². The quantitative estimate of drug-likeness (QED) is 0.572. The third kappa shape index (κ3) is 1.05. The smallest absolute Gasteiger partial charge is 0.165 e. The number of hydrogen-bond donors (Lipinski definition) is 2. The lowest BCUT2D eigenvalue weighted by Crippen LogP contribution is -2.19. The number of rotatable bonds is 0. The summed E-state index contributed by atoms with van der Waals surface area (Å²) in [5.74, 6) is 0.215. The van der Waals surface area contributed by atoms with E-state index < -0.39 is 0 Å². The van der Waals surface area contributed by atoms with E-state index in [-0.39, 0.29) is 5.82 Å². The molecule has 1 aliphatic rings. The number of nitrogens with two attached hydrogens (primary N) is 1. The Hall–Kier alpha value is -1.45. The third-order valence-corrected chi connectivity index (χ3v) is 1.75. The van der Waals surface area contributed by atoms with E-state index in [1.54, 1.807) is 0 Å². The van der Waals surface area contributed by atoms with Crippen LogP contribution in [0.1, 0.15) is 0 Å². The maximum Gasteiger partial charge on any atom is 0.165 e. The molecule has 0 atom stereocenters.